The number of anilines is 1. The number of aromatic amines is 1. The Labute approximate surface area is 155 Å². The van der Waals surface area contributed by atoms with Crippen LogP contribution in [0.1, 0.15) is 6.92 Å². The zero-order valence-corrected chi connectivity index (χ0v) is 14.9. The Hall–Kier alpha value is -2.76. The van der Waals surface area contributed by atoms with Gasteiger partial charge in [-0.3, -0.25) is 0 Å². The highest BCUT2D eigenvalue weighted by Gasteiger charge is 2.23. The summed E-state index contributed by atoms with van der Waals surface area (Å²) in [5, 5.41) is 21.5. The summed E-state index contributed by atoms with van der Waals surface area (Å²) in [7, 11) is 0. The summed E-state index contributed by atoms with van der Waals surface area (Å²) < 4.78 is 0. The van der Waals surface area contributed by atoms with Gasteiger partial charge >= 0.3 is 0 Å². The van der Waals surface area contributed by atoms with Crippen LogP contribution < -0.4 is 4.90 Å². The second kappa shape index (κ2) is 6.52. The van der Waals surface area contributed by atoms with Gasteiger partial charge < -0.3 is 20.1 Å². The topological polar surface area (TPSA) is 72.4 Å². The van der Waals surface area contributed by atoms with Gasteiger partial charge in [-0.2, -0.15) is 0 Å². The van der Waals surface area contributed by atoms with Crippen LogP contribution in [0, 0.1) is 0 Å². The first-order valence-corrected chi connectivity index (χ1v) is 8.70. The summed E-state index contributed by atoms with van der Waals surface area (Å²) in [4.78, 5) is 9.25. The van der Waals surface area contributed by atoms with Crippen molar-refractivity contribution in [2.75, 3.05) is 4.90 Å². The fraction of sp³-hybridized carbons (Fsp3) is 0.150. The van der Waals surface area contributed by atoms with Crippen molar-refractivity contribution in [3.05, 3.63) is 71.9 Å². The lowest BCUT2D eigenvalue weighted by atomic mass is 10.0. The molecule has 0 amide bonds. The second-order valence-corrected chi connectivity index (χ2v) is 6.73. The van der Waals surface area contributed by atoms with Gasteiger partial charge in [-0.05, 0) is 36.8 Å². The standard InChI is InChI=1S/C20H18ClN3O2/c1-12(25)18-6-5-15(26)11-24(18)14-4-2-3-13(9-14)19-16-7-8-22-20(16)23-10-17(19)21/h2-12,18,25-26H,1H3,(H,22,23). The minimum absolute atomic E-state index is 0.141. The molecule has 0 saturated carbocycles. The summed E-state index contributed by atoms with van der Waals surface area (Å²) >= 11 is 6.44. The Kier molecular flexibility index (Phi) is 4.18. The summed E-state index contributed by atoms with van der Waals surface area (Å²) in [6, 6.07) is 9.53. The van der Waals surface area contributed by atoms with Crippen LogP contribution in [0.4, 0.5) is 5.69 Å². The Bertz CT molecular complexity index is 1020. The van der Waals surface area contributed by atoms with Gasteiger partial charge in [-0.1, -0.05) is 29.8 Å². The number of nitrogens with zero attached hydrogens (tertiary/aromatic N) is 2. The van der Waals surface area contributed by atoms with Crippen LogP contribution in [0.3, 0.4) is 0 Å². The lowest BCUT2D eigenvalue weighted by Gasteiger charge is -2.33. The van der Waals surface area contributed by atoms with E-state index in [1.165, 1.54) is 0 Å². The number of benzene rings is 1. The van der Waals surface area contributed by atoms with Gasteiger partial charge in [0.25, 0.3) is 0 Å². The fourth-order valence-corrected chi connectivity index (χ4v) is 3.56. The molecule has 132 valence electrons. The van der Waals surface area contributed by atoms with E-state index >= 15 is 0 Å². The number of H-pyrrole nitrogens is 1. The first-order valence-electron chi connectivity index (χ1n) is 8.32. The Morgan fingerprint density at radius 1 is 1.31 bits per heavy atom. The highest BCUT2D eigenvalue weighted by molar-refractivity contribution is 6.34. The van der Waals surface area contributed by atoms with E-state index in [9.17, 15) is 10.2 Å². The summed E-state index contributed by atoms with van der Waals surface area (Å²) in [5.41, 5.74) is 3.45. The first kappa shape index (κ1) is 16.7. The van der Waals surface area contributed by atoms with Crippen molar-refractivity contribution in [3.63, 3.8) is 0 Å². The average molecular weight is 368 g/mol. The van der Waals surface area contributed by atoms with Crippen LogP contribution in [-0.2, 0) is 0 Å². The second-order valence-electron chi connectivity index (χ2n) is 6.32. The van der Waals surface area contributed by atoms with E-state index in [4.69, 9.17) is 11.6 Å². The molecular weight excluding hydrogens is 350 g/mol. The third kappa shape index (κ3) is 2.85. The van der Waals surface area contributed by atoms with Crippen LogP contribution in [0.15, 0.2) is 66.8 Å². The SMILES string of the molecule is CC(O)C1C=CC(O)=CN1c1cccc(-c2c(Cl)cnc3[nH]ccc23)c1. The van der Waals surface area contributed by atoms with Crippen molar-refractivity contribution in [2.45, 2.75) is 19.1 Å². The molecule has 0 aliphatic carbocycles. The van der Waals surface area contributed by atoms with E-state index < -0.39 is 6.10 Å². The molecule has 3 aromatic rings. The van der Waals surface area contributed by atoms with E-state index in [0.717, 1.165) is 27.8 Å². The number of halogens is 1. The number of hydrogen-bond acceptors (Lipinski definition) is 4. The zero-order valence-electron chi connectivity index (χ0n) is 14.1. The molecule has 0 spiro atoms. The number of hydrogen-bond donors (Lipinski definition) is 3. The predicted octanol–water partition coefficient (Wildman–Crippen LogP) is 4.41. The Morgan fingerprint density at radius 3 is 2.96 bits per heavy atom. The lowest BCUT2D eigenvalue weighted by Crippen LogP contribution is -2.39. The third-order valence-electron chi connectivity index (χ3n) is 4.52. The number of pyridine rings is 1. The fourth-order valence-electron chi connectivity index (χ4n) is 3.30. The quantitative estimate of drug-likeness (QED) is 0.641. The monoisotopic (exact) mass is 367 g/mol. The van der Waals surface area contributed by atoms with Gasteiger partial charge in [0.05, 0.1) is 17.2 Å². The maximum atomic E-state index is 10.1. The van der Waals surface area contributed by atoms with E-state index in [1.54, 1.807) is 31.5 Å². The predicted molar refractivity (Wildman–Crippen MR) is 104 cm³/mol. The van der Waals surface area contributed by atoms with Crippen molar-refractivity contribution >= 4 is 28.3 Å². The molecule has 1 aliphatic heterocycles. The number of rotatable bonds is 3. The van der Waals surface area contributed by atoms with Crippen LogP contribution in [0.2, 0.25) is 5.02 Å². The van der Waals surface area contributed by atoms with Gasteiger partial charge in [-0.25, -0.2) is 4.98 Å². The summed E-state index contributed by atoms with van der Waals surface area (Å²) in [6.07, 6.45) is 7.88. The molecular formula is C20H18ClN3O2. The molecule has 3 N–H and O–H groups in total. The number of aliphatic hydroxyl groups is 2. The molecule has 1 aromatic carbocycles. The van der Waals surface area contributed by atoms with Crippen molar-refractivity contribution in [3.8, 4) is 11.1 Å². The van der Waals surface area contributed by atoms with Crippen molar-refractivity contribution in [1.29, 1.82) is 0 Å². The lowest BCUT2D eigenvalue weighted by molar-refractivity contribution is 0.178. The van der Waals surface area contributed by atoms with Gasteiger partial charge in [0.15, 0.2) is 0 Å². The molecule has 3 heterocycles. The van der Waals surface area contributed by atoms with E-state index in [-0.39, 0.29) is 11.8 Å². The molecule has 0 radical (unpaired) electrons. The smallest absolute Gasteiger partial charge is 0.137 e. The number of aliphatic hydroxyl groups excluding tert-OH is 2. The Balaban J connectivity index is 1.83. The van der Waals surface area contributed by atoms with E-state index in [0.29, 0.717) is 5.02 Å². The maximum Gasteiger partial charge on any atom is 0.137 e. The minimum atomic E-state index is -0.597. The number of aromatic nitrogens is 2. The van der Waals surface area contributed by atoms with Crippen LogP contribution in [-0.4, -0.2) is 32.3 Å². The van der Waals surface area contributed by atoms with Crippen LogP contribution in [0.5, 0.6) is 0 Å². The molecule has 1 aliphatic rings. The van der Waals surface area contributed by atoms with Gasteiger partial charge in [-0.15, -0.1) is 0 Å². The molecule has 0 bridgehead atoms. The third-order valence-corrected chi connectivity index (χ3v) is 4.81. The van der Waals surface area contributed by atoms with E-state index in [1.807, 2.05) is 41.4 Å². The normalized spacial score (nSPS) is 18.2. The van der Waals surface area contributed by atoms with Crippen LogP contribution >= 0.6 is 11.6 Å². The first-order chi connectivity index (χ1) is 12.5. The largest absolute Gasteiger partial charge is 0.506 e. The molecule has 6 heteroatoms. The summed E-state index contributed by atoms with van der Waals surface area (Å²) in [6.45, 7) is 1.73. The molecule has 5 nitrogen and oxygen atoms in total. The number of fused-ring (bicyclic) bond motifs is 1. The molecule has 2 aromatic heterocycles. The summed E-state index contributed by atoms with van der Waals surface area (Å²) in [5.74, 6) is 0.141. The van der Waals surface area contributed by atoms with Crippen LogP contribution in [0.25, 0.3) is 22.2 Å². The molecule has 0 saturated heterocycles. The van der Waals surface area contributed by atoms with Gasteiger partial charge in [0, 0.05) is 35.2 Å². The number of allylic oxidation sites excluding steroid dienone is 1. The molecule has 2 unspecified atom stereocenters. The van der Waals surface area contributed by atoms with Crippen molar-refractivity contribution in [1.82, 2.24) is 9.97 Å². The number of nitrogens with one attached hydrogen (secondary N) is 1. The molecule has 0 fully saturated rings. The van der Waals surface area contributed by atoms with Crippen molar-refractivity contribution in [2.24, 2.45) is 0 Å². The highest BCUT2D eigenvalue weighted by Crippen LogP contribution is 2.36. The maximum absolute atomic E-state index is 10.1. The van der Waals surface area contributed by atoms with E-state index in [2.05, 4.69) is 9.97 Å². The highest BCUT2D eigenvalue weighted by atomic mass is 35.5. The molecule has 26 heavy (non-hydrogen) atoms. The Morgan fingerprint density at radius 2 is 2.15 bits per heavy atom. The van der Waals surface area contributed by atoms with Gasteiger partial charge in [0.1, 0.15) is 11.4 Å². The van der Waals surface area contributed by atoms with Crippen molar-refractivity contribution < 1.29 is 10.2 Å². The molecule has 2 atom stereocenters. The zero-order chi connectivity index (χ0) is 18.3. The minimum Gasteiger partial charge on any atom is -0.506 e. The van der Waals surface area contributed by atoms with Gasteiger partial charge in [0.2, 0.25) is 0 Å². The average Bonchev–Trinajstić information content (AvgIpc) is 3.10. The molecule has 4 rings (SSSR count).